The van der Waals surface area contributed by atoms with Gasteiger partial charge in [-0.05, 0) is 0 Å². The lowest BCUT2D eigenvalue weighted by molar-refractivity contribution is -0.172. The van der Waals surface area contributed by atoms with Crippen molar-refractivity contribution in [2.75, 3.05) is 13.7 Å². The van der Waals surface area contributed by atoms with E-state index in [1.165, 1.54) is 0 Å². The Hall–Kier alpha value is -1.10. The summed E-state index contributed by atoms with van der Waals surface area (Å²) in [5.41, 5.74) is -2.06. The van der Waals surface area contributed by atoms with Gasteiger partial charge in [0.15, 0.2) is 0 Å². The Morgan fingerprint density at radius 3 is 2.82 bits per heavy atom. The molecule has 1 rings (SSSR count). The number of rotatable bonds is 1. The van der Waals surface area contributed by atoms with E-state index in [9.17, 15) is 14.7 Å². The first-order valence-electron chi connectivity index (χ1n) is 3.09. The largest absolute Gasteiger partial charge is 0.466 e. The SMILES string of the molecule is COC(=O)C1(O)CCOC1=O. The molecule has 11 heavy (non-hydrogen) atoms. The van der Waals surface area contributed by atoms with Crippen LogP contribution in [0.1, 0.15) is 6.42 Å². The Kier molecular flexibility index (Phi) is 1.82. The van der Waals surface area contributed by atoms with Crippen molar-refractivity contribution in [1.82, 2.24) is 0 Å². The summed E-state index contributed by atoms with van der Waals surface area (Å²) in [5.74, 6) is -1.88. The fourth-order valence-corrected chi connectivity index (χ4v) is 0.867. The van der Waals surface area contributed by atoms with Gasteiger partial charge in [-0.3, -0.25) is 0 Å². The maximum absolute atomic E-state index is 10.8. The van der Waals surface area contributed by atoms with Crippen LogP contribution in [0.25, 0.3) is 0 Å². The molecule has 0 amide bonds. The van der Waals surface area contributed by atoms with Gasteiger partial charge in [-0.2, -0.15) is 0 Å². The highest BCUT2D eigenvalue weighted by Gasteiger charge is 2.50. The Bertz CT molecular complexity index is 199. The Balaban J connectivity index is 2.80. The van der Waals surface area contributed by atoms with Crippen LogP contribution in [0.5, 0.6) is 0 Å². The van der Waals surface area contributed by atoms with E-state index in [2.05, 4.69) is 9.47 Å². The van der Waals surface area contributed by atoms with Crippen molar-refractivity contribution in [3.8, 4) is 0 Å². The molecule has 62 valence electrons. The summed E-state index contributed by atoms with van der Waals surface area (Å²) in [6.45, 7) is 0.0600. The molecule has 1 fully saturated rings. The third kappa shape index (κ3) is 1.07. The van der Waals surface area contributed by atoms with E-state index in [-0.39, 0.29) is 13.0 Å². The summed E-state index contributed by atoms with van der Waals surface area (Å²) in [5, 5.41) is 9.28. The van der Waals surface area contributed by atoms with Crippen LogP contribution in [-0.2, 0) is 19.1 Å². The fraction of sp³-hybridized carbons (Fsp3) is 0.667. The number of cyclic esters (lactones) is 1. The van der Waals surface area contributed by atoms with Crippen molar-refractivity contribution in [2.24, 2.45) is 0 Å². The highest BCUT2D eigenvalue weighted by molar-refractivity contribution is 6.04. The quantitative estimate of drug-likeness (QED) is 0.387. The fourth-order valence-electron chi connectivity index (χ4n) is 0.867. The molecule has 0 spiro atoms. The van der Waals surface area contributed by atoms with Gasteiger partial charge < -0.3 is 14.6 Å². The average Bonchev–Trinajstić information content (AvgIpc) is 2.32. The van der Waals surface area contributed by atoms with E-state index in [0.29, 0.717) is 0 Å². The molecule has 5 heteroatoms. The van der Waals surface area contributed by atoms with E-state index in [1.54, 1.807) is 0 Å². The lowest BCUT2D eigenvalue weighted by atomic mass is 10.0. The molecule has 1 unspecified atom stereocenters. The lowest BCUT2D eigenvalue weighted by Gasteiger charge is -2.12. The topological polar surface area (TPSA) is 72.8 Å². The van der Waals surface area contributed by atoms with Gasteiger partial charge in [0.25, 0.3) is 5.60 Å². The lowest BCUT2D eigenvalue weighted by Crippen LogP contribution is -2.43. The monoisotopic (exact) mass is 160 g/mol. The average molecular weight is 160 g/mol. The molecule has 0 aromatic carbocycles. The zero-order chi connectivity index (χ0) is 8.48. The normalized spacial score (nSPS) is 29.8. The number of hydrogen-bond donors (Lipinski definition) is 1. The van der Waals surface area contributed by atoms with Gasteiger partial charge in [-0.1, -0.05) is 0 Å². The minimum Gasteiger partial charge on any atom is -0.466 e. The molecule has 0 aromatic rings. The van der Waals surface area contributed by atoms with Gasteiger partial charge in [0, 0.05) is 6.42 Å². The number of carbonyl (C=O) groups is 2. The first-order valence-corrected chi connectivity index (χ1v) is 3.09. The van der Waals surface area contributed by atoms with Crippen LogP contribution in [0.4, 0.5) is 0 Å². The molecule has 0 saturated carbocycles. The van der Waals surface area contributed by atoms with Crippen molar-refractivity contribution in [3.63, 3.8) is 0 Å². The van der Waals surface area contributed by atoms with Crippen LogP contribution in [0.3, 0.4) is 0 Å². The number of hydrogen-bond acceptors (Lipinski definition) is 5. The maximum atomic E-state index is 10.8. The Morgan fingerprint density at radius 2 is 2.45 bits per heavy atom. The first kappa shape index (κ1) is 8.00. The van der Waals surface area contributed by atoms with Crippen LogP contribution in [-0.4, -0.2) is 36.4 Å². The molecule has 0 aromatic heterocycles. The summed E-state index contributed by atoms with van der Waals surface area (Å²) in [4.78, 5) is 21.5. The smallest absolute Gasteiger partial charge is 0.350 e. The van der Waals surface area contributed by atoms with Crippen LogP contribution in [0.15, 0.2) is 0 Å². The molecule has 1 N–H and O–H groups in total. The first-order chi connectivity index (χ1) is 5.11. The van der Waals surface area contributed by atoms with Crippen LogP contribution < -0.4 is 0 Å². The third-order valence-corrected chi connectivity index (χ3v) is 1.56. The summed E-state index contributed by atoms with van der Waals surface area (Å²) in [6, 6.07) is 0. The Labute approximate surface area is 62.9 Å². The van der Waals surface area contributed by atoms with E-state index in [1.807, 2.05) is 0 Å². The van der Waals surface area contributed by atoms with E-state index >= 15 is 0 Å². The standard InChI is InChI=1S/C6H8O5/c1-10-4(7)6(9)2-3-11-5(6)8/h9H,2-3H2,1H3. The highest BCUT2D eigenvalue weighted by atomic mass is 16.6. The summed E-state index contributed by atoms with van der Waals surface area (Å²) in [7, 11) is 1.10. The van der Waals surface area contributed by atoms with E-state index in [0.717, 1.165) is 7.11 Å². The highest BCUT2D eigenvalue weighted by Crippen LogP contribution is 2.20. The maximum Gasteiger partial charge on any atom is 0.350 e. The second-order valence-electron chi connectivity index (χ2n) is 2.24. The molecular formula is C6H8O5. The third-order valence-electron chi connectivity index (χ3n) is 1.56. The number of esters is 2. The molecule has 5 nitrogen and oxygen atoms in total. The van der Waals surface area contributed by atoms with Crippen molar-refractivity contribution in [3.05, 3.63) is 0 Å². The molecule has 1 atom stereocenters. The van der Waals surface area contributed by atoms with Gasteiger partial charge in [-0.15, -0.1) is 0 Å². The number of methoxy groups -OCH3 is 1. The number of aliphatic hydroxyl groups is 1. The van der Waals surface area contributed by atoms with Crippen LogP contribution in [0.2, 0.25) is 0 Å². The zero-order valence-corrected chi connectivity index (χ0v) is 5.99. The molecule has 1 aliphatic rings. The molecule has 0 radical (unpaired) electrons. The predicted molar refractivity (Wildman–Crippen MR) is 32.5 cm³/mol. The minimum atomic E-state index is -2.06. The van der Waals surface area contributed by atoms with Gasteiger partial charge in [0.05, 0.1) is 13.7 Å². The zero-order valence-electron chi connectivity index (χ0n) is 5.99. The van der Waals surface area contributed by atoms with Crippen molar-refractivity contribution >= 4 is 11.9 Å². The van der Waals surface area contributed by atoms with Crippen molar-refractivity contribution in [1.29, 1.82) is 0 Å². The summed E-state index contributed by atoms with van der Waals surface area (Å²) in [6.07, 6.45) is -0.0293. The molecule has 1 heterocycles. The second-order valence-corrected chi connectivity index (χ2v) is 2.24. The summed E-state index contributed by atoms with van der Waals surface area (Å²) < 4.78 is 8.62. The van der Waals surface area contributed by atoms with E-state index < -0.39 is 17.5 Å². The Morgan fingerprint density at radius 1 is 1.82 bits per heavy atom. The van der Waals surface area contributed by atoms with Gasteiger partial charge in [0.2, 0.25) is 0 Å². The summed E-state index contributed by atoms with van der Waals surface area (Å²) >= 11 is 0. The van der Waals surface area contributed by atoms with Gasteiger partial charge >= 0.3 is 11.9 Å². The predicted octanol–water partition coefficient (Wildman–Crippen LogP) is -1.16. The van der Waals surface area contributed by atoms with Gasteiger partial charge in [0.1, 0.15) is 0 Å². The number of carbonyl (C=O) groups excluding carboxylic acids is 2. The second kappa shape index (κ2) is 2.50. The minimum absolute atomic E-state index is 0.0293. The van der Waals surface area contributed by atoms with Crippen LogP contribution >= 0.6 is 0 Å². The van der Waals surface area contributed by atoms with E-state index in [4.69, 9.17) is 0 Å². The number of ether oxygens (including phenoxy) is 2. The van der Waals surface area contributed by atoms with Crippen molar-refractivity contribution in [2.45, 2.75) is 12.0 Å². The molecule has 0 bridgehead atoms. The molecular weight excluding hydrogens is 152 g/mol. The molecule has 1 aliphatic heterocycles. The molecule has 1 saturated heterocycles. The molecule has 0 aliphatic carbocycles. The van der Waals surface area contributed by atoms with Crippen LogP contribution in [0, 0.1) is 0 Å². The van der Waals surface area contributed by atoms with Crippen molar-refractivity contribution < 1.29 is 24.2 Å². The van der Waals surface area contributed by atoms with Gasteiger partial charge in [-0.25, -0.2) is 9.59 Å².